The summed E-state index contributed by atoms with van der Waals surface area (Å²) in [7, 11) is 0. The number of hydrogen-bond acceptors (Lipinski definition) is 5. The molecule has 1 amide bonds. The number of rotatable bonds is 10. The zero-order valence-corrected chi connectivity index (χ0v) is 15.2. The van der Waals surface area contributed by atoms with E-state index in [1.807, 2.05) is 44.2 Å². The van der Waals surface area contributed by atoms with Crippen molar-refractivity contribution in [2.45, 2.75) is 19.9 Å². The first-order valence-electron chi connectivity index (χ1n) is 8.72. The molecule has 0 unspecified atom stereocenters. The summed E-state index contributed by atoms with van der Waals surface area (Å²) in [6.45, 7) is 5.36. The van der Waals surface area contributed by atoms with Gasteiger partial charge in [-0.05, 0) is 44.2 Å². The fourth-order valence-corrected chi connectivity index (χ4v) is 2.23. The van der Waals surface area contributed by atoms with Gasteiger partial charge < -0.3 is 25.3 Å². The number of hydrogen-bond donors (Lipinski definition) is 2. The van der Waals surface area contributed by atoms with E-state index >= 15 is 0 Å². The molecule has 6 heteroatoms. The third kappa shape index (κ3) is 5.97. The van der Waals surface area contributed by atoms with E-state index in [2.05, 4.69) is 5.32 Å². The van der Waals surface area contributed by atoms with Crippen LogP contribution in [0.5, 0.6) is 17.2 Å². The second kappa shape index (κ2) is 10.3. The third-order valence-electron chi connectivity index (χ3n) is 3.59. The van der Waals surface area contributed by atoms with E-state index in [1.165, 1.54) is 0 Å². The predicted molar refractivity (Wildman–Crippen MR) is 101 cm³/mol. The van der Waals surface area contributed by atoms with Crippen molar-refractivity contribution in [1.82, 2.24) is 5.32 Å². The van der Waals surface area contributed by atoms with Crippen LogP contribution in [0.25, 0.3) is 0 Å². The Bertz CT molecular complexity index is 691. The Labute approximate surface area is 154 Å². The van der Waals surface area contributed by atoms with Gasteiger partial charge in [0.25, 0.3) is 5.91 Å². The van der Waals surface area contributed by atoms with Gasteiger partial charge in [0.15, 0.2) is 11.5 Å². The van der Waals surface area contributed by atoms with E-state index < -0.39 is 0 Å². The summed E-state index contributed by atoms with van der Waals surface area (Å²) >= 11 is 0. The normalized spacial score (nSPS) is 11.5. The minimum Gasteiger partial charge on any atom is -0.490 e. The highest BCUT2D eigenvalue weighted by molar-refractivity contribution is 5.95. The molecule has 2 rings (SSSR count). The maximum Gasteiger partial charge on any atom is 0.251 e. The van der Waals surface area contributed by atoms with E-state index in [-0.39, 0.29) is 11.9 Å². The summed E-state index contributed by atoms with van der Waals surface area (Å²) in [6, 6.07) is 14.6. The molecule has 0 aliphatic rings. The molecule has 0 aliphatic carbocycles. The van der Waals surface area contributed by atoms with Crippen molar-refractivity contribution in [3.63, 3.8) is 0 Å². The van der Waals surface area contributed by atoms with Crippen LogP contribution in [0.2, 0.25) is 0 Å². The summed E-state index contributed by atoms with van der Waals surface area (Å²) in [5.74, 6) is 1.71. The minimum atomic E-state index is -0.192. The molecule has 0 bridgehead atoms. The van der Waals surface area contributed by atoms with Gasteiger partial charge in [-0.3, -0.25) is 4.79 Å². The van der Waals surface area contributed by atoms with Crippen LogP contribution in [0.4, 0.5) is 0 Å². The second-order valence-electron chi connectivity index (χ2n) is 5.71. The number of benzene rings is 2. The van der Waals surface area contributed by atoms with E-state index in [1.54, 1.807) is 18.2 Å². The van der Waals surface area contributed by atoms with E-state index in [9.17, 15) is 4.79 Å². The molecule has 6 nitrogen and oxygen atoms in total. The van der Waals surface area contributed by atoms with Gasteiger partial charge in [0.2, 0.25) is 0 Å². The van der Waals surface area contributed by atoms with Gasteiger partial charge in [0.1, 0.15) is 19.0 Å². The second-order valence-corrected chi connectivity index (χ2v) is 5.71. The van der Waals surface area contributed by atoms with Crippen molar-refractivity contribution in [1.29, 1.82) is 0 Å². The molecule has 0 spiro atoms. The predicted octanol–water partition coefficient (Wildman–Crippen LogP) is 2.62. The Morgan fingerprint density at radius 1 is 1.04 bits per heavy atom. The number of amides is 1. The molecule has 0 aliphatic heterocycles. The summed E-state index contributed by atoms with van der Waals surface area (Å²) in [5.41, 5.74) is 6.04. The summed E-state index contributed by atoms with van der Waals surface area (Å²) in [4.78, 5) is 12.2. The molecule has 140 valence electrons. The first kappa shape index (κ1) is 19.6. The van der Waals surface area contributed by atoms with Gasteiger partial charge in [-0.1, -0.05) is 18.2 Å². The number of carbonyl (C=O) groups excluding carboxylic acids is 1. The Morgan fingerprint density at radius 3 is 2.46 bits per heavy atom. The standard InChI is InChI=1S/C20H26N2O4/c1-3-24-19-13-16(20(23)22-15(2)14-21)9-10-18(19)26-12-11-25-17-7-5-4-6-8-17/h4-10,13,15H,3,11-12,14,21H2,1-2H3,(H,22,23)/t15-/m0/s1. The van der Waals surface area contributed by atoms with Gasteiger partial charge in [0, 0.05) is 18.2 Å². The van der Waals surface area contributed by atoms with Crippen molar-refractivity contribution in [3.8, 4) is 17.2 Å². The molecule has 0 saturated carbocycles. The quantitative estimate of drug-likeness (QED) is 0.638. The van der Waals surface area contributed by atoms with E-state index in [0.717, 1.165) is 5.75 Å². The molecule has 26 heavy (non-hydrogen) atoms. The third-order valence-corrected chi connectivity index (χ3v) is 3.59. The molecular weight excluding hydrogens is 332 g/mol. The highest BCUT2D eigenvalue weighted by Crippen LogP contribution is 2.28. The number of para-hydroxylation sites is 1. The largest absolute Gasteiger partial charge is 0.490 e. The maximum absolute atomic E-state index is 12.2. The monoisotopic (exact) mass is 358 g/mol. The van der Waals surface area contributed by atoms with Crippen LogP contribution < -0.4 is 25.3 Å². The SMILES string of the molecule is CCOc1cc(C(=O)N[C@@H](C)CN)ccc1OCCOc1ccccc1. The molecular formula is C20H26N2O4. The van der Waals surface area contributed by atoms with Crippen LogP contribution in [0.3, 0.4) is 0 Å². The fourth-order valence-electron chi connectivity index (χ4n) is 2.23. The molecule has 3 N–H and O–H groups in total. The summed E-state index contributed by atoms with van der Waals surface area (Å²) in [5, 5.41) is 2.82. The zero-order chi connectivity index (χ0) is 18.8. The van der Waals surface area contributed by atoms with Crippen LogP contribution in [-0.2, 0) is 0 Å². The van der Waals surface area contributed by atoms with E-state index in [0.29, 0.717) is 43.4 Å². The average Bonchev–Trinajstić information content (AvgIpc) is 2.67. The zero-order valence-electron chi connectivity index (χ0n) is 15.2. The molecule has 2 aromatic rings. The van der Waals surface area contributed by atoms with Crippen LogP contribution in [0.15, 0.2) is 48.5 Å². The maximum atomic E-state index is 12.2. The molecule has 0 radical (unpaired) electrons. The van der Waals surface area contributed by atoms with Gasteiger partial charge >= 0.3 is 0 Å². The van der Waals surface area contributed by atoms with Crippen molar-refractivity contribution in [3.05, 3.63) is 54.1 Å². The minimum absolute atomic E-state index is 0.0934. The number of nitrogens with two attached hydrogens (primary N) is 1. The van der Waals surface area contributed by atoms with Gasteiger partial charge in [-0.2, -0.15) is 0 Å². The first-order valence-corrected chi connectivity index (χ1v) is 8.72. The van der Waals surface area contributed by atoms with Crippen molar-refractivity contribution >= 4 is 5.91 Å². The Kier molecular flexibility index (Phi) is 7.76. The number of carbonyl (C=O) groups is 1. The van der Waals surface area contributed by atoms with Crippen LogP contribution in [0.1, 0.15) is 24.2 Å². The average molecular weight is 358 g/mol. The lowest BCUT2D eigenvalue weighted by atomic mass is 10.1. The number of nitrogens with one attached hydrogen (secondary N) is 1. The molecule has 2 aromatic carbocycles. The van der Waals surface area contributed by atoms with Crippen molar-refractivity contribution in [2.24, 2.45) is 5.73 Å². The van der Waals surface area contributed by atoms with Crippen molar-refractivity contribution in [2.75, 3.05) is 26.4 Å². The molecule has 0 heterocycles. The molecule has 0 fully saturated rings. The molecule has 0 saturated heterocycles. The lowest BCUT2D eigenvalue weighted by molar-refractivity contribution is 0.0940. The lowest BCUT2D eigenvalue weighted by Gasteiger charge is -2.15. The van der Waals surface area contributed by atoms with Crippen LogP contribution >= 0.6 is 0 Å². The summed E-state index contributed by atoms with van der Waals surface area (Å²) < 4.78 is 17.0. The molecule has 0 aromatic heterocycles. The van der Waals surface area contributed by atoms with Crippen LogP contribution in [0, 0.1) is 0 Å². The highest BCUT2D eigenvalue weighted by atomic mass is 16.5. The fraction of sp³-hybridized carbons (Fsp3) is 0.350. The first-order chi connectivity index (χ1) is 12.6. The lowest BCUT2D eigenvalue weighted by Crippen LogP contribution is -2.37. The van der Waals surface area contributed by atoms with E-state index in [4.69, 9.17) is 19.9 Å². The smallest absolute Gasteiger partial charge is 0.251 e. The van der Waals surface area contributed by atoms with Gasteiger partial charge in [-0.15, -0.1) is 0 Å². The van der Waals surface area contributed by atoms with Crippen LogP contribution in [-0.4, -0.2) is 38.3 Å². The topological polar surface area (TPSA) is 82.8 Å². The Balaban J connectivity index is 1.95. The summed E-state index contributed by atoms with van der Waals surface area (Å²) in [6.07, 6.45) is 0. The van der Waals surface area contributed by atoms with Gasteiger partial charge in [-0.25, -0.2) is 0 Å². The van der Waals surface area contributed by atoms with Gasteiger partial charge in [0.05, 0.1) is 6.61 Å². The van der Waals surface area contributed by atoms with Crippen molar-refractivity contribution < 1.29 is 19.0 Å². The number of ether oxygens (including phenoxy) is 3. The molecule has 1 atom stereocenters. The Hall–Kier alpha value is -2.73. The Morgan fingerprint density at radius 2 is 1.77 bits per heavy atom. The highest BCUT2D eigenvalue weighted by Gasteiger charge is 2.13.